The number of halogens is 2. The van der Waals surface area contributed by atoms with E-state index in [-0.39, 0.29) is 22.6 Å². The first-order valence-electron chi connectivity index (χ1n) is 7.14. The Morgan fingerprint density at radius 3 is 2.65 bits per heavy atom. The maximum atomic E-state index is 12.2. The fraction of sp³-hybridized carbons (Fsp3) is 0.118. The molecule has 0 heterocycles. The number of aromatic hydroxyl groups is 1. The number of carbonyl (C=O) groups excluding carboxylic acids is 1. The van der Waals surface area contributed by atoms with Crippen LogP contribution in [0.5, 0.6) is 17.2 Å². The van der Waals surface area contributed by atoms with Gasteiger partial charge in [-0.3, -0.25) is 14.9 Å². The Labute approximate surface area is 146 Å². The van der Waals surface area contributed by atoms with Crippen LogP contribution in [0.3, 0.4) is 0 Å². The summed E-state index contributed by atoms with van der Waals surface area (Å²) in [5.41, 5.74) is -0.247. The van der Waals surface area contributed by atoms with Gasteiger partial charge in [0.1, 0.15) is 5.75 Å². The molecule has 0 aromatic heterocycles. The number of carbonyl (C=O) groups is 1. The van der Waals surface area contributed by atoms with Crippen molar-refractivity contribution in [3.8, 4) is 17.2 Å². The molecule has 26 heavy (non-hydrogen) atoms. The van der Waals surface area contributed by atoms with Gasteiger partial charge in [-0.25, -0.2) is 0 Å². The fourth-order valence-electron chi connectivity index (χ4n) is 2.10. The molecule has 0 aliphatic heterocycles. The van der Waals surface area contributed by atoms with Gasteiger partial charge in [0.05, 0.1) is 12.0 Å². The minimum absolute atomic E-state index is 0.0969. The van der Waals surface area contributed by atoms with Crippen molar-refractivity contribution in [2.24, 2.45) is 0 Å². The lowest BCUT2D eigenvalue weighted by Crippen LogP contribution is -2.03. The molecule has 9 heteroatoms. The standard InChI is InChI=1S/C17H13F2NO6/c1-25-15-8-10(7-13(16(15)22)20(23)24)5-6-14(21)11-3-2-4-12(9-11)26-17(18)19/h2-9,17,22H,1H3/b6-5+. The molecule has 0 aliphatic rings. The molecular formula is C17H13F2NO6. The first-order chi connectivity index (χ1) is 12.3. The van der Waals surface area contributed by atoms with Gasteiger partial charge in [0, 0.05) is 11.6 Å². The summed E-state index contributed by atoms with van der Waals surface area (Å²) in [5.74, 6) is -1.45. The summed E-state index contributed by atoms with van der Waals surface area (Å²) < 4.78 is 33.5. The lowest BCUT2D eigenvalue weighted by Gasteiger charge is -2.06. The van der Waals surface area contributed by atoms with E-state index < -0.39 is 28.8 Å². The second-order valence-corrected chi connectivity index (χ2v) is 4.95. The molecule has 2 rings (SSSR count). The predicted octanol–water partition coefficient (Wildman–Crippen LogP) is 3.81. The van der Waals surface area contributed by atoms with Gasteiger partial charge < -0.3 is 14.6 Å². The number of alkyl halides is 2. The van der Waals surface area contributed by atoms with Crippen LogP contribution < -0.4 is 9.47 Å². The molecule has 0 aliphatic carbocycles. The number of nitrogens with zero attached hydrogens (tertiary/aromatic N) is 1. The molecule has 0 saturated heterocycles. The highest BCUT2D eigenvalue weighted by molar-refractivity contribution is 6.07. The van der Waals surface area contributed by atoms with Gasteiger partial charge in [-0.05, 0) is 29.8 Å². The Hall–Kier alpha value is -3.49. The summed E-state index contributed by atoms with van der Waals surface area (Å²) in [5, 5.41) is 20.7. The van der Waals surface area contributed by atoms with Crippen LogP contribution in [0.15, 0.2) is 42.5 Å². The molecule has 0 unspecified atom stereocenters. The summed E-state index contributed by atoms with van der Waals surface area (Å²) >= 11 is 0. The lowest BCUT2D eigenvalue weighted by atomic mass is 10.1. The van der Waals surface area contributed by atoms with Crippen molar-refractivity contribution in [2.75, 3.05) is 7.11 Å². The zero-order valence-corrected chi connectivity index (χ0v) is 13.4. The summed E-state index contributed by atoms with van der Waals surface area (Å²) in [6, 6.07) is 7.60. The molecule has 7 nitrogen and oxygen atoms in total. The fourth-order valence-corrected chi connectivity index (χ4v) is 2.10. The largest absolute Gasteiger partial charge is 0.500 e. The highest BCUT2D eigenvalue weighted by atomic mass is 19.3. The molecule has 0 spiro atoms. The average molecular weight is 365 g/mol. The van der Waals surface area contributed by atoms with Gasteiger partial charge in [-0.15, -0.1) is 0 Å². The molecule has 0 atom stereocenters. The Morgan fingerprint density at radius 2 is 2.04 bits per heavy atom. The number of hydrogen-bond donors (Lipinski definition) is 1. The minimum atomic E-state index is -3.01. The van der Waals surface area contributed by atoms with Crippen molar-refractivity contribution < 1.29 is 33.1 Å². The van der Waals surface area contributed by atoms with E-state index in [1.54, 1.807) is 0 Å². The van der Waals surface area contributed by atoms with Crippen molar-refractivity contribution in [1.29, 1.82) is 0 Å². The van der Waals surface area contributed by atoms with E-state index >= 15 is 0 Å². The van der Waals surface area contributed by atoms with E-state index in [4.69, 9.17) is 4.74 Å². The van der Waals surface area contributed by atoms with Crippen LogP contribution >= 0.6 is 0 Å². The molecular weight excluding hydrogens is 352 g/mol. The average Bonchev–Trinajstić information content (AvgIpc) is 2.59. The number of hydrogen-bond acceptors (Lipinski definition) is 6. The number of nitro benzene ring substituents is 1. The number of phenolic OH excluding ortho intramolecular Hbond substituents is 1. The van der Waals surface area contributed by atoms with Gasteiger partial charge in [0.15, 0.2) is 11.5 Å². The second-order valence-electron chi connectivity index (χ2n) is 4.95. The van der Waals surface area contributed by atoms with Crippen LogP contribution in [-0.2, 0) is 0 Å². The van der Waals surface area contributed by atoms with E-state index in [1.165, 1.54) is 37.5 Å². The Balaban J connectivity index is 2.28. The van der Waals surface area contributed by atoms with E-state index in [0.717, 1.165) is 18.2 Å². The van der Waals surface area contributed by atoms with Crippen molar-refractivity contribution in [2.45, 2.75) is 6.61 Å². The zero-order valence-electron chi connectivity index (χ0n) is 13.4. The highest BCUT2D eigenvalue weighted by Gasteiger charge is 2.19. The van der Waals surface area contributed by atoms with Crippen LogP contribution in [0, 0.1) is 10.1 Å². The summed E-state index contributed by atoms with van der Waals surface area (Å²) in [4.78, 5) is 22.3. The first kappa shape index (κ1) is 18.8. The number of methoxy groups -OCH3 is 1. The van der Waals surface area contributed by atoms with E-state index in [2.05, 4.69) is 4.74 Å². The van der Waals surface area contributed by atoms with E-state index in [9.17, 15) is 28.8 Å². The Kier molecular flexibility index (Phi) is 5.84. The Bertz CT molecular complexity index is 866. The molecule has 136 valence electrons. The van der Waals surface area contributed by atoms with Crippen molar-refractivity contribution in [1.82, 2.24) is 0 Å². The van der Waals surface area contributed by atoms with Crippen LogP contribution in [0.2, 0.25) is 0 Å². The molecule has 0 radical (unpaired) electrons. The normalized spacial score (nSPS) is 10.9. The molecule has 0 fully saturated rings. The maximum absolute atomic E-state index is 12.2. The second kappa shape index (κ2) is 8.06. The summed E-state index contributed by atoms with van der Waals surface area (Å²) in [6.45, 7) is -3.01. The van der Waals surface area contributed by atoms with Crippen LogP contribution in [0.1, 0.15) is 15.9 Å². The van der Waals surface area contributed by atoms with Gasteiger partial charge in [0.25, 0.3) is 0 Å². The van der Waals surface area contributed by atoms with Crippen LogP contribution in [0.25, 0.3) is 6.08 Å². The third-order valence-electron chi connectivity index (χ3n) is 3.26. The SMILES string of the molecule is COc1cc(/C=C/C(=O)c2cccc(OC(F)F)c2)cc([N+](=O)[O-])c1O. The van der Waals surface area contributed by atoms with Crippen molar-refractivity contribution in [3.63, 3.8) is 0 Å². The van der Waals surface area contributed by atoms with Crippen LogP contribution in [0.4, 0.5) is 14.5 Å². The van der Waals surface area contributed by atoms with Crippen molar-refractivity contribution in [3.05, 3.63) is 63.7 Å². The Morgan fingerprint density at radius 1 is 1.31 bits per heavy atom. The highest BCUT2D eigenvalue weighted by Crippen LogP contribution is 2.37. The van der Waals surface area contributed by atoms with Gasteiger partial charge in [-0.2, -0.15) is 8.78 Å². The third-order valence-corrected chi connectivity index (χ3v) is 3.26. The number of allylic oxidation sites excluding steroid dienone is 1. The summed E-state index contributed by atoms with van der Waals surface area (Å²) in [6.07, 6.45) is 2.38. The number of rotatable bonds is 7. The topological polar surface area (TPSA) is 98.9 Å². The van der Waals surface area contributed by atoms with Gasteiger partial charge >= 0.3 is 12.3 Å². The monoisotopic (exact) mass is 365 g/mol. The number of phenols is 1. The molecule has 2 aromatic carbocycles. The molecule has 2 aromatic rings. The molecule has 1 N–H and O–H groups in total. The quantitative estimate of drug-likeness (QED) is 0.347. The van der Waals surface area contributed by atoms with E-state index in [1.807, 2.05) is 0 Å². The van der Waals surface area contributed by atoms with Gasteiger partial charge in [0.2, 0.25) is 5.75 Å². The molecule has 0 bridgehead atoms. The van der Waals surface area contributed by atoms with Crippen LogP contribution in [-0.4, -0.2) is 29.5 Å². The van der Waals surface area contributed by atoms with Gasteiger partial charge in [-0.1, -0.05) is 18.2 Å². The third kappa shape index (κ3) is 4.53. The number of ether oxygens (including phenoxy) is 2. The lowest BCUT2D eigenvalue weighted by molar-refractivity contribution is -0.386. The number of benzene rings is 2. The number of nitro groups is 1. The number of ketones is 1. The predicted molar refractivity (Wildman–Crippen MR) is 87.8 cm³/mol. The maximum Gasteiger partial charge on any atom is 0.387 e. The molecule has 0 saturated carbocycles. The zero-order chi connectivity index (χ0) is 19.3. The minimum Gasteiger partial charge on any atom is -0.500 e. The summed E-state index contributed by atoms with van der Waals surface area (Å²) in [7, 11) is 1.23. The van der Waals surface area contributed by atoms with Crippen molar-refractivity contribution >= 4 is 17.5 Å². The first-order valence-corrected chi connectivity index (χ1v) is 7.14. The molecule has 0 amide bonds. The smallest absolute Gasteiger partial charge is 0.387 e. The van der Waals surface area contributed by atoms with E-state index in [0.29, 0.717) is 0 Å².